The number of nitrogen functional groups attached to an aromatic ring is 1. The molecule has 3 N–H and O–H groups in total. The molecule has 108 valence electrons. The van der Waals surface area contributed by atoms with Crippen LogP contribution in [-0.4, -0.2) is 12.4 Å². The Labute approximate surface area is 129 Å². The molecule has 0 spiro atoms. The molecule has 4 heteroatoms. The van der Waals surface area contributed by atoms with Crippen LogP contribution in [0.4, 0.5) is 5.69 Å². The average molecular weight is 300 g/mol. The van der Waals surface area contributed by atoms with Crippen LogP contribution in [0.2, 0.25) is 5.02 Å². The fourth-order valence-electron chi connectivity index (χ4n) is 2.82. The molecule has 0 bridgehead atoms. The number of para-hydroxylation sites is 1. The number of nitrogens with zero attached hydrogens (tertiary/aromatic N) is 1. The second-order valence-corrected chi connectivity index (χ2v) is 5.78. The van der Waals surface area contributed by atoms with E-state index < -0.39 is 0 Å². The van der Waals surface area contributed by atoms with Crippen molar-refractivity contribution in [2.45, 2.75) is 19.4 Å². The molecule has 0 saturated heterocycles. The molecule has 1 heterocycles. The second kappa shape index (κ2) is 5.78. The monoisotopic (exact) mass is 299 g/mol. The Balaban J connectivity index is 1.86. The summed E-state index contributed by atoms with van der Waals surface area (Å²) in [5.41, 5.74) is 9.94. The number of nitrogens with one attached hydrogen (secondary N) is 1. The first-order chi connectivity index (χ1) is 10.1. The van der Waals surface area contributed by atoms with Crippen LogP contribution >= 0.6 is 11.6 Å². The molecule has 0 aliphatic carbocycles. The SMILES string of the molecule is N=C(N)c1ccc(CN2CCCc3ccccc32)c(Cl)c1. The first-order valence-corrected chi connectivity index (χ1v) is 7.48. The maximum absolute atomic E-state index is 7.46. The van der Waals surface area contributed by atoms with Crippen molar-refractivity contribution in [3.63, 3.8) is 0 Å². The Morgan fingerprint density at radius 2 is 2.05 bits per heavy atom. The summed E-state index contributed by atoms with van der Waals surface area (Å²) < 4.78 is 0. The van der Waals surface area contributed by atoms with E-state index >= 15 is 0 Å². The van der Waals surface area contributed by atoms with Crippen molar-refractivity contribution in [2.75, 3.05) is 11.4 Å². The van der Waals surface area contributed by atoms with Crippen LogP contribution in [0, 0.1) is 5.41 Å². The Kier molecular flexibility index (Phi) is 3.84. The highest BCUT2D eigenvalue weighted by molar-refractivity contribution is 6.31. The van der Waals surface area contributed by atoms with Crippen LogP contribution in [0.15, 0.2) is 42.5 Å². The van der Waals surface area contributed by atoms with Crippen molar-refractivity contribution in [1.82, 2.24) is 0 Å². The van der Waals surface area contributed by atoms with Crippen molar-refractivity contribution in [2.24, 2.45) is 5.73 Å². The van der Waals surface area contributed by atoms with Gasteiger partial charge in [-0.3, -0.25) is 5.41 Å². The van der Waals surface area contributed by atoms with E-state index in [1.54, 1.807) is 6.07 Å². The van der Waals surface area contributed by atoms with Crippen molar-refractivity contribution in [3.8, 4) is 0 Å². The molecule has 2 aromatic carbocycles. The summed E-state index contributed by atoms with van der Waals surface area (Å²) in [6.45, 7) is 1.83. The van der Waals surface area contributed by atoms with E-state index in [0.717, 1.165) is 25.1 Å². The van der Waals surface area contributed by atoms with Gasteiger partial charge in [0.25, 0.3) is 0 Å². The highest BCUT2D eigenvalue weighted by Crippen LogP contribution is 2.29. The maximum atomic E-state index is 7.46. The molecule has 1 aliphatic heterocycles. The lowest BCUT2D eigenvalue weighted by Crippen LogP contribution is -2.28. The zero-order valence-electron chi connectivity index (χ0n) is 11.8. The summed E-state index contributed by atoms with van der Waals surface area (Å²) in [5, 5.41) is 8.13. The van der Waals surface area contributed by atoms with E-state index in [2.05, 4.69) is 29.2 Å². The molecule has 0 fully saturated rings. The van der Waals surface area contributed by atoms with E-state index in [-0.39, 0.29) is 5.84 Å². The Hall–Kier alpha value is -2.00. The van der Waals surface area contributed by atoms with E-state index in [4.69, 9.17) is 22.7 Å². The van der Waals surface area contributed by atoms with E-state index in [1.165, 1.54) is 17.7 Å². The van der Waals surface area contributed by atoms with E-state index in [0.29, 0.717) is 10.6 Å². The highest BCUT2D eigenvalue weighted by atomic mass is 35.5. The minimum atomic E-state index is 0.0479. The summed E-state index contributed by atoms with van der Waals surface area (Å²) in [6.07, 6.45) is 2.31. The van der Waals surface area contributed by atoms with Gasteiger partial charge < -0.3 is 10.6 Å². The Morgan fingerprint density at radius 3 is 2.81 bits per heavy atom. The summed E-state index contributed by atoms with van der Waals surface area (Å²) in [4.78, 5) is 2.37. The third-order valence-corrected chi connectivity index (χ3v) is 4.28. The van der Waals surface area contributed by atoms with Crippen LogP contribution < -0.4 is 10.6 Å². The van der Waals surface area contributed by atoms with Gasteiger partial charge in [-0.2, -0.15) is 0 Å². The zero-order chi connectivity index (χ0) is 14.8. The van der Waals surface area contributed by atoms with Gasteiger partial charge >= 0.3 is 0 Å². The van der Waals surface area contributed by atoms with Crippen LogP contribution in [0.25, 0.3) is 0 Å². The Bertz CT molecular complexity index is 681. The molecule has 3 nitrogen and oxygen atoms in total. The first kappa shape index (κ1) is 14.0. The van der Waals surface area contributed by atoms with Crippen LogP contribution in [0.3, 0.4) is 0 Å². The minimum Gasteiger partial charge on any atom is -0.384 e. The summed E-state index contributed by atoms with van der Waals surface area (Å²) in [7, 11) is 0. The second-order valence-electron chi connectivity index (χ2n) is 5.37. The molecule has 21 heavy (non-hydrogen) atoms. The maximum Gasteiger partial charge on any atom is 0.122 e. The van der Waals surface area contributed by atoms with Gasteiger partial charge in [-0.25, -0.2) is 0 Å². The number of fused-ring (bicyclic) bond motifs is 1. The van der Waals surface area contributed by atoms with Gasteiger partial charge in [0.2, 0.25) is 0 Å². The topological polar surface area (TPSA) is 53.1 Å². The van der Waals surface area contributed by atoms with Gasteiger partial charge in [0.1, 0.15) is 5.84 Å². The van der Waals surface area contributed by atoms with E-state index in [9.17, 15) is 0 Å². The van der Waals surface area contributed by atoms with Crippen molar-refractivity contribution in [1.29, 1.82) is 5.41 Å². The number of rotatable bonds is 3. The number of amidine groups is 1. The quantitative estimate of drug-likeness (QED) is 0.672. The lowest BCUT2D eigenvalue weighted by molar-refractivity contribution is 0.691. The molecular formula is C17H18ClN3. The van der Waals surface area contributed by atoms with Crippen LogP contribution in [0.5, 0.6) is 0 Å². The highest BCUT2D eigenvalue weighted by Gasteiger charge is 2.17. The molecule has 0 radical (unpaired) electrons. The van der Waals surface area contributed by atoms with Gasteiger partial charge in [-0.15, -0.1) is 0 Å². The number of hydrogen-bond acceptors (Lipinski definition) is 2. The Morgan fingerprint density at radius 1 is 1.24 bits per heavy atom. The zero-order valence-corrected chi connectivity index (χ0v) is 12.5. The third kappa shape index (κ3) is 2.88. The smallest absolute Gasteiger partial charge is 0.122 e. The van der Waals surface area contributed by atoms with Gasteiger partial charge in [0, 0.05) is 29.4 Å². The number of nitrogens with two attached hydrogens (primary N) is 1. The molecule has 0 aromatic heterocycles. The van der Waals surface area contributed by atoms with Gasteiger partial charge in [0.15, 0.2) is 0 Å². The lowest BCUT2D eigenvalue weighted by atomic mass is 10.0. The first-order valence-electron chi connectivity index (χ1n) is 7.11. The molecule has 0 unspecified atom stereocenters. The number of hydrogen-bond donors (Lipinski definition) is 2. The third-order valence-electron chi connectivity index (χ3n) is 3.93. The number of aryl methyl sites for hydroxylation is 1. The van der Waals surface area contributed by atoms with E-state index in [1.807, 2.05) is 12.1 Å². The standard InChI is InChI=1S/C17H18ClN3/c18-15-10-13(17(19)20)7-8-14(15)11-21-9-3-5-12-4-1-2-6-16(12)21/h1-2,4,6-8,10H,3,5,9,11H2,(H3,19,20). The molecule has 3 rings (SSSR count). The van der Waals surface area contributed by atoms with Gasteiger partial charge in [-0.05, 0) is 36.1 Å². The van der Waals surface area contributed by atoms with Crippen LogP contribution in [-0.2, 0) is 13.0 Å². The minimum absolute atomic E-state index is 0.0479. The summed E-state index contributed by atoms with van der Waals surface area (Å²) in [6, 6.07) is 14.1. The van der Waals surface area contributed by atoms with Gasteiger partial charge in [-0.1, -0.05) is 41.9 Å². The number of benzene rings is 2. The number of halogens is 1. The fraction of sp³-hybridized carbons (Fsp3) is 0.235. The molecule has 1 aliphatic rings. The van der Waals surface area contributed by atoms with Crippen molar-refractivity contribution >= 4 is 23.1 Å². The molecule has 0 atom stereocenters. The van der Waals surface area contributed by atoms with Crippen molar-refractivity contribution < 1.29 is 0 Å². The summed E-state index contributed by atoms with van der Waals surface area (Å²) in [5.74, 6) is 0.0479. The predicted octanol–water partition coefficient (Wildman–Crippen LogP) is 3.58. The normalized spacial score (nSPS) is 13.9. The molecule has 0 amide bonds. The molecule has 0 saturated carbocycles. The lowest BCUT2D eigenvalue weighted by Gasteiger charge is -2.31. The molecular weight excluding hydrogens is 282 g/mol. The number of anilines is 1. The largest absolute Gasteiger partial charge is 0.384 e. The summed E-state index contributed by atoms with van der Waals surface area (Å²) >= 11 is 6.34. The average Bonchev–Trinajstić information content (AvgIpc) is 2.49. The van der Waals surface area contributed by atoms with Gasteiger partial charge in [0.05, 0.1) is 0 Å². The molecule has 2 aromatic rings. The predicted molar refractivity (Wildman–Crippen MR) is 88.3 cm³/mol. The fourth-order valence-corrected chi connectivity index (χ4v) is 3.06. The van der Waals surface area contributed by atoms with Crippen molar-refractivity contribution in [3.05, 3.63) is 64.2 Å². The van der Waals surface area contributed by atoms with Crippen LogP contribution in [0.1, 0.15) is 23.1 Å².